The minimum atomic E-state index is -5.08. The van der Waals surface area contributed by atoms with Gasteiger partial charge in [0, 0.05) is 37.0 Å². The Hall–Kier alpha value is -2.69. The van der Waals surface area contributed by atoms with Gasteiger partial charge < -0.3 is 19.4 Å². The molecule has 2 N–H and O–H groups in total. The highest BCUT2D eigenvalue weighted by molar-refractivity contribution is 7.09. The van der Waals surface area contributed by atoms with Crippen LogP contribution in [-0.4, -0.2) is 88.7 Å². The summed E-state index contributed by atoms with van der Waals surface area (Å²) in [5, 5.41) is 17.6. The van der Waals surface area contributed by atoms with Gasteiger partial charge in [0.2, 0.25) is 0 Å². The van der Waals surface area contributed by atoms with Gasteiger partial charge in [0.1, 0.15) is 5.76 Å². The zero-order valence-corrected chi connectivity index (χ0v) is 21.0. The van der Waals surface area contributed by atoms with Crippen molar-refractivity contribution in [2.24, 2.45) is 5.41 Å². The van der Waals surface area contributed by atoms with Gasteiger partial charge >= 0.3 is 24.3 Å². The van der Waals surface area contributed by atoms with Crippen molar-refractivity contribution in [3.05, 3.63) is 40.2 Å². The van der Waals surface area contributed by atoms with Crippen molar-refractivity contribution in [2.45, 2.75) is 38.8 Å². The van der Waals surface area contributed by atoms with Gasteiger partial charge in [-0.2, -0.15) is 26.3 Å². The van der Waals surface area contributed by atoms with Crippen LogP contribution in [0.4, 0.5) is 26.3 Å². The lowest BCUT2D eigenvalue weighted by Crippen LogP contribution is -2.40. The van der Waals surface area contributed by atoms with E-state index in [0.29, 0.717) is 0 Å². The third kappa shape index (κ3) is 10.6. The molecule has 1 unspecified atom stereocenters. The third-order valence-electron chi connectivity index (χ3n) is 5.53. The van der Waals surface area contributed by atoms with Gasteiger partial charge in [-0.25, -0.2) is 14.6 Å². The SMILES string of the molecule is Cc1nc(CN2CCC3(COCCN(Cc4ccco4)C3)C2)cs1.O=C(O)C(F)(F)F.O=C(O)C(F)(F)F. The molecule has 38 heavy (non-hydrogen) atoms. The summed E-state index contributed by atoms with van der Waals surface area (Å²) in [5.41, 5.74) is 1.45. The summed E-state index contributed by atoms with van der Waals surface area (Å²) >= 11 is 1.74. The molecule has 2 aliphatic heterocycles. The first kappa shape index (κ1) is 31.5. The Morgan fingerprint density at radius 2 is 1.63 bits per heavy atom. The minimum Gasteiger partial charge on any atom is -0.475 e. The van der Waals surface area contributed by atoms with Gasteiger partial charge in [-0.1, -0.05) is 0 Å². The number of carboxylic acid groups (broad SMARTS) is 2. The maximum atomic E-state index is 10.6. The maximum Gasteiger partial charge on any atom is 0.490 e. The Labute approximate surface area is 217 Å². The molecule has 2 fully saturated rings. The number of thiazole rings is 1. The van der Waals surface area contributed by atoms with Crippen LogP contribution in [0.1, 0.15) is 22.9 Å². The molecular formula is C22H27F6N3O6S. The van der Waals surface area contributed by atoms with Crippen LogP contribution in [0.25, 0.3) is 0 Å². The summed E-state index contributed by atoms with van der Waals surface area (Å²) < 4.78 is 75.0. The quantitative estimate of drug-likeness (QED) is 0.522. The molecule has 4 rings (SSSR count). The molecule has 4 heterocycles. The molecule has 1 spiro atoms. The Morgan fingerprint density at radius 1 is 1.05 bits per heavy atom. The summed E-state index contributed by atoms with van der Waals surface area (Å²) in [7, 11) is 0. The number of alkyl halides is 6. The molecule has 214 valence electrons. The average molecular weight is 576 g/mol. The van der Waals surface area contributed by atoms with E-state index in [-0.39, 0.29) is 5.41 Å². The zero-order chi connectivity index (χ0) is 28.6. The number of nitrogens with zero attached hydrogens (tertiary/aromatic N) is 3. The number of ether oxygens (including phenoxy) is 1. The largest absolute Gasteiger partial charge is 0.490 e. The van der Waals surface area contributed by atoms with Crippen LogP contribution in [0.5, 0.6) is 0 Å². The van der Waals surface area contributed by atoms with Crippen LogP contribution in [0.2, 0.25) is 0 Å². The summed E-state index contributed by atoms with van der Waals surface area (Å²) in [6.45, 7) is 9.89. The van der Waals surface area contributed by atoms with E-state index in [9.17, 15) is 26.3 Å². The van der Waals surface area contributed by atoms with Gasteiger partial charge in [0.25, 0.3) is 0 Å². The lowest BCUT2D eigenvalue weighted by Gasteiger charge is -2.31. The van der Waals surface area contributed by atoms with Crippen molar-refractivity contribution in [1.82, 2.24) is 14.8 Å². The second-order valence-electron chi connectivity index (χ2n) is 8.77. The van der Waals surface area contributed by atoms with E-state index in [2.05, 4.69) is 33.2 Å². The van der Waals surface area contributed by atoms with E-state index in [0.717, 1.165) is 63.3 Å². The molecule has 0 aromatic carbocycles. The molecule has 16 heteroatoms. The first-order valence-corrected chi connectivity index (χ1v) is 12.0. The first-order valence-electron chi connectivity index (χ1n) is 11.2. The Balaban J connectivity index is 0.000000301. The number of carboxylic acids is 2. The number of halogens is 6. The Kier molecular flexibility index (Phi) is 11.1. The average Bonchev–Trinajstić information content (AvgIpc) is 3.51. The number of hydrogen-bond acceptors (Lipinski definition) is 8. The number of aryl methyl sites for hydroxylation is 1. The fourth-order valence-electron chi connectivity index (χ4n) is 3.96. The number of rotatable bonds is 4. The molecule has 2 aliphatic rings. The second-order valence-corrected chi connectivity index (χ2v) is 9.83. The van der Waals surface area contributed by atoms with Gasteiger partial charge in [0.15, 0.2) is 0 Å². The van der Waals surface area contributed by atoms with E-state index in [1.807, 2.05) is 6.07 Å². The summed E-state index contributed by atoms with van der Waals surface area (Å²) in [6.07, 6.45) is -7.21. The number of hydrogen-bond donors (Lipinski definition) is 2. The smallest absolute Gasteiger partial charge is 0.475 e. The number of furan rings is 1. The maximum absolute atomic E-state index is 10.6. The predicted octanol–water partition coefficient (Wildman–Crippen LogP) is 4.04. The molecule has 9 nitrogen and oxygen atoms in total. The van der Waals surface area contributed by atoms with Crippen molar-refractivity contribution in [3.63, 3.8) is 0 Å². The van der Waals surface area contributed by atoms with Crippen LogP contribution in [0.15, 0.2) is 28.2 Å². The second kappa shape index (κ2) is 13.4. The molecule has 2 aromatic heterocycles. The van der Waals surface area contributed by atoms with Crippen LogP contribution >= 0.6 is 11.3 Å². The van der Waals surface area contributed by atoms with Crippen LogP contribution in [0.3, 0.4) is 0 Å². The zero-order valence-electron chi connectivity index (χ0n) is 20.2. The van der Waals surface area contributed by atoms with Crippen molar-refractivity contribution < 1.29 is 55.3 Å². The lowest BCUT2D eigenvalue weighted by molar-refractivity contribution is -0.193. The first-order chi connectivity index (χ1) is 17.6. The molecule has 1 atom stereocenters. The highest BCUT2D eigenvalue weighted by atomic mass is 32.1. The van der Waals surface area contributed by atoms with Gasteiger partial charge in [-0.15, -0.1) is 11.3 Å². The molecule has 0 aliphatic carbocycles. The molecule has 2 saturated heterocycles. The van der Waals surface area contributed by atoms with E-state index in [1.165, 1.54) is 12.1 Å². The number of aromatic nitrogens is 1. The number of likely N-dealkylation sites (tertiary alicyclic amines) is 1. The van der Waals surface area contributed by atoms with Crippen LogP contribution < -0.4 is 0 Å². The molecular weight excluding hydrogens is 548 g/mol. The van der Waals surface area contributed by atoms with Crippen molar-refractivity contribution >= 4 is 23.3 Å². The number of aliphatic carboxylic acids is 2. The summed E-state index contributed by atoms with van der Waals surface area (Å²) in [4.78, 5) is 27.4. The van der Waals surface area contributed by atoms with E-state index in [1.54, 1.807) is 17.6 Å². The van der Waals surface area contributed by atoms with Gasteiger partial charge in [-0.05, 0) is 32.0 Å². The van der Waals surface area contributed by atoms with E-state index < -0.39 is 24.3 Å². The van der Waals surface area contributed by atoms with Crippen LogP contribution in [0, 0.1) is 12.3 Å². The Morgan fingerprint density at radius 3 is 2.11 bits per heavy atom. The number of carbonyl (C=O) groups is 2. The lowest BCUT2D eigenvalue weighted by atomic mass is 9.87. The van der Waals surface area contributed by atoms with E-state index >= 15 is 0 Å². The van der Waals surface area contributed by atoms with Crippen LogP contribution in [-0.2, 0) is 27.4 Å². The normalized spacial score (nSPS) is 20.7. The minimum absolute atomic E-state index is 0.244. The third-order valence-corrected chi connectivity index (χ3v) is 6.36. The highest BCUT2D eigenvalue weighted by Gasteiger charge is 2.41. The molecule has 0 radical (unpaired) electrons. The molecule has 2 aromatic rings. The molecule has 0 saturated carbocycles. The van der Waals surface area contributed by atoms with Crippen molar-refractivity contribution in [2.75, 3.05) is 39.4 Å². The fourth-order valence-corrected chi connectivity index (χ4v) is 4.56. The van der Waals surface area contributed by atoms with Crippen molar-refractivity contribution in [1.29, 1.82) is 0 Å². The molecule has 0 amide bonds. The van der Waals surface area contributed by atoms with Crippen molar-refractivity contribution in [3.8, 4) is 0 Å². The Bertz CT molecular complexity index is 1010. The van der Waals surface area contributed by atoms with Gasteiger partial charge in [0.05, 0.1) is 36.7 Å². The monoisotopic (exact) mass is 575 g/mol. The summed E-state index contributed by atoms with van der Waals surface area (Å²) in [6, 6.07) is 4.02. The van der Waals surface area contributed by atoms with Gasteiger partial charge in [-0.3, -0.25) is 9.80 Å². The fraction of sp³-hybridized carbons (Fsp3) is 0.591. The predicted molar refractivity (Wildman–Crippen MR) is 121 cm³/mol. The highest BCUT2D eigenvalue weighted by Crippen LogP contribution is 2.34. The summed E-state index contributed by atoms with van der Waals surface area (Å²) in [5.74, 6) is -4.47. The molecule has 0 bridgehead atoms. The standard InChI is InChI=1S/C18H25N3O2S.2C2HF3O2/c1-15-19-16(11-24-15)9-20-5-4-18(12-20)13-21(6-8-22-14-18)10-17-3-2-7-23-17;2*3-2(4,5)1(6)7/h2-3,7,11H,4-6,8-10,12-14H2,1H3;2*(H,6,7). The van der Waals surface area contributed by atoms with E-state index in [4.69, 9.17) is 29.0 Å². The topological polar surface area (TPSA) is 116 Å².